The van der Waals surface area contributed by atoms with Gasteiger partial charge in [0.1, 0.15) is 12.1 Å². The van der Waals surface area contributed by atoms with Crippen LogP contribution in [0.1, 0.15) is 50.7 Å². The van der Waals surface area contributed by atoms with Crippen molar-refractivity contribution in [2.75, 3.05) is 0 Å². The van der Waals surface area contributed by atoms with E-state index in [-0.39, 0.29) is 21.1 Å². The first kappa shape index (κ1) is 30.2. The van der Waals surface area contributed by atoms with Gasteiger partial charge in [-0.2, -0.15) is 6.07 Å². The summed E-state index contributed by atoms with van der Waals surface area (Å²) in [7, 11) is 0. The maximum atomic E-state index is 6.40. The van der Waals surface area contributed by atoms with Crippen molar-refractivity contribution in [2.24, 2.45) is 0 Å². The van der Waals surface area contributed by atoms with Crippen LogP contribution in [0.3, 0.4) is 0 Å². The Morgan fingerprint density at radius 1 is 0.729 bits per heavy atom. The van der Waals surface area contributed by atoms with Gasteiger partial charge in [0.2, 0.25) is 11.5 Å². The third kappa shape index (κ3) is 4.60. The number of para-hydroxylation sites is 2. The van der Waals surface area contributed by atoms with Crippen molar-refractivity contribution in [1.29, 1.82) is 0 Å². The van der Waals surface area contributed by atoms with Crippen LogP contribution in [0.15, 0.2) is 106 Å². The average Bonchev–Trinajstić information content (AvgIpc) is 3.82. The van der Waals surface area contributed by atoms with Crippen LogP contribution in [0.4, 0.5) is 0 Å². The Balaban J connectivity index is 0.00000336. The SMILES string of the molecule is CC(C)c1cccc(C(C)C)c1-n1cnc2c3c(oc4ccc(Oc5[c-]c6c(cc5)c5ccccc5n6-c5ccccn5)[c-]c43)oc21.[Pt+2]. The molecule has 0 amide bonds. The summed E-state index contributed by atoms with van der Waals surface area (Å²) < 4.78 is 23.1. The molecule has 0 saturated heterocycles. The second-order valence-electron chi connectivity index (χ2n) is 12.5. The van der Waals surface area contributed by atoms with Gasteiger partial charge < -0.3 is 18.1 Å². The summed E-state index contributed by atoms with van der Waals surface area (Å²) in [6.07, 6.45) is 3.65. The Hall–Kier alpha value is -5.13. The number of pyridine rings is 1. The number of furan rings is 2. The fourth-order valence-corrected chi connectivity index (χ4v) is 6.75. The first-order valence-corrected chi connectivity index (χ1v) is 15.9. The van der Waals surface area contributed by atoms with Gasteiger partial charge in [-0.05, 0) is 46.5 Å². The van der Waals surface area contributed by atoms with E-state index in [0.717, 1.165) is 49.6 Å². The molecule has 0 unspecified atom stereocenters. The first-order valence-electron chi connectivity index (χ1n) is 15.9. The Morgan fingerprint density at radius 3 is 2.25 bits per heavy atom. The van der Waals surface area contributed by atoms with E-state index >= 15 is 0 Å². The van der Waals surface area contributed by atoms with Crippen molar-refractivity contribution in [3.8, 4) is 23.0 Å². The van der Waals surface area contributed by atoms with E-state index in [2.05, 4.69) is 90.3 Å². The first-order chi connectivity index (χ1) is 23.0. The van der Waals surface area contributed by atoms with Gasteiger partial charge in [-0.25, -0.2) is 9.97 Å². The molecule has 0 spiro atoms. The number of hydrogen-bond acceptors (Lipinski definition) is 5. The molecule has 0 saturated carbocycles. The Bertz CT molecular complexity index is 2600. The van der Waals surface area contributed by atoms with Crippen LogP contribution in [-0.2, 0) is 21.1 Å². The summed E-state index contributed by atoms with van der Waals surface area (Å²) in [6.45, 7) is 8.84. The number of imidazole rings is 1. The third-order valence-corrected chi connectivity index (χ3v) is 8.93. The van der Waals surface area contributed by atoms with Gasteiger partial charge in [0.05, 0.1) is 11.2 Å². The van der Waals surface area contributed by atoms with E-state index in [1.807, 2.05) is 54.9 Å². The molecule has 9 aromatic rings. The van der Waals surface area contributed by atoms with Gasteiger partial charge in [0, 0.05) is 34.2 Å². The van der Waals surface area contributed by atoms with Gasteiger partial charge in [-0.15, -0.1) is 17.5 Å². The molecule has 0 fully saturated rings. The van der Waals surface area contributed by atoms with Gasteiger partial charge in [0.25, 0.3) is 0 Å². The maximum Gasteiger partial charge on any atom is 2.00 e. The second-order valence-corrected chi connectivity index (χ2v) is 12.5. The number of nitrogens with zero attached hydrogens (tertiary/aromatic N) is 4. The monoisotopic (exact) mass is 809 g/mol. The molecule has 0 aliphatic carbocycles. The normalized spacial score (nSPS) is 12.0. The molecule has 8 heteroatoms. The number of fused-ring (bicyclic) bond motifs is 8. The number of ether oxygens (including phenoxy) is 1. The zero-order chi connectivity index (χ0) is 31.8. The summed E-state index contributed by atoms with van der Waals surface area (Å²) >= 11 is 0. The van der Waals surface area contributed by atoms with Gasteiger partial charge in [-0.1, -0.05) is 99.3 Å². The predicted octanol–water partition coefficient (Wildman–Crippen LogP) is 10.6. The van der Waals surface area contributed by atoms with E-state index in [1.54, 1.807) is 6.20 Å². The predicted molar refractivity (Wildman–Crippen MR) is 185 cm³/mol. The standard InChI is InChI=1S/C40H30N4O3.Pt/c1-23(2)27-11-9-12-28(24(3)4)38(27)43-22-42-37-36-31-20-25(16-18-34(31)46-40(36)47-39(37)43)45-26-15-17-30-29-10-5-6-13-32(29)44(33(30)21-26)35-14-7-8-19-41-35;/h5-19,22-24H,1-4H3;/q-2;+2. The largest absolute Gasteiger partial charge is 2.00 e. The molecule has 238 valence electrons. The quantitative estimate of drug-likeness (QED) is 0.157. The molecule has 48 heavy (non-hydrogen) atoms. The minimum absolute atomic E-state index is 0. The zero-order valence-electron chi connectivity index (χ0n) is 26.7. The molecule has 9 rings (SSSR count). The van der Waals surface area contributed by atoms with Gasteiger partial charge >= 0.3 is 21.1 Å². The fraction of sp³-hybridized carbons (Fsp3) is 0.150. The Kier molecular flexibility index (Phi) is 7.26. The molecule has 5 heterocycles. The maximum absolute atomic E-state index is 6.40. The zero-order valence-corrected chi connectivity index (χ0v) is 29.0. The van der Waals surface area contributed by atoms with Crippen LogP contribution in [-0.4, -0.2) is 19.1 Å². The average molecular weight is 810 g/mol. The van der Waals surface area contributed by atoms with E-state index in [1.165, 1.54) is 11.1 Å². The Labute approximate surface area is 291 Å². The summed E-state index contributed by atoms with van der Waals surface area (Å²) in [6, 6.07) is 35.4. The van der Waals surface area contributed by atoms with Crippen molar-refractivity contribution in [1.82, 2.24) is 19.1 Å². The van der Waals surface area contributed by atoms with Gasteiger partial charge in [0.15, 0.2) is 0 Å². The molecule has 5 aromatic heterocycles. The molecule has 0 bridgehead atoms. The minimum atomic E-state index is 0. The molecular formula is C40H30N4O3Pt. The van der Waals surface area contributed by atoms with Crippen LogP contribution in [0.2, 0.25) is 0 Å². The summed E-state index contributed by atoms with van der Waals surface area (Å²) in [5.41, 5.74) is 7.58. The second kappa shape index (κ2) is 11.5. The minimum Gasteiger partial charge on any atom is -0.503 e. The third-order valence-electron chi connectivity index (χ3n) is 8.93. The topological polar surface area (TPSA) is 71.2 Å². The van der Waals surface area contributed by atoms with Crippen molar-refractivity contribution in [3.05, 3.63) is 121 Å². The van der Waals surface area contributed by atoms with Crippen molar-refractivity contribution in [3.63, 3.8) is 0 Å². The summed E-state index contributed by atoms with van der Waals surface area (Å²) in [5.74, 6) is 3.00. The Morgan fingerprint density at radius 2 is 1.48 bits per heavy atom. The van der Waals surface area contributed by atoms with Crippen LogP contribution in [0.25, 0.3) is 66.7 Å². The van der Waals surface area contributed by atoms with Gasteiger partial charge in [-0.3, -0.25) is 4.57 Å². The fourth-order valence-electron chi connectivity index (χ4n) is 6.75. The van der Waals surface area contributed by atoms with Crippen molar-refractivity contribution >= 4 is 55.2 Å². The van der Waals surface area contributed by atoms with Crippen molar-refractivity contribution in [2.45, 2.75) is 39.5 Å². The number of rotatable bonds is 6. The van der Waals surface area contributed by atoms with E-state index in [9.17, 15) is 0 Å². The number of benzene rings is 4. The van der Waals surface area contributed by atoms with Crippen LogP contribution in [0, 0.1) is 12.1 Å². The van der Waals surface area contributed by atoms with E-state index in [0.29, 0.717) is 40.4 Å². The van der Waals surface area contributed by atoms with Crippen LogP contribution in [0.5, 0.6) is 11.5 Å². The molecule has 0 aliphatic heterocycles. The molecule has 4 aromatic carbocycles. The molecule has 0 radical (unpaired) electrons. The number of aromatic nitrogens is 4. The molecule has 7 nitrogen and oxygen atoms in total. The van der Waals surface area contributed by atoms with Crippen LogP contribution >= 0.6 is 0 Å². The van der Waals surface area contributed by atoms with E-state index in [4.69, 9.17) is 18.6 Å². The summed E-state index contributed by atoms with van der Waals surface area (Å²) in [4.78, 5) is 9.48. The molecule has 0 N–H and O–H groups in total. The van der Waals surface area contributed by atoms with Crippen molar-refractivity contribution < 1.29 is 34.6 Å². The number of hydrogen-bond donors (Lipinski definition) is 0. The molecule has 0 aliphatic rings. The summed E-state index contributed by atoms with van der Waals surface area (Å²) in [5, 5.41) is 3.74. The smallest absolute Gasteiger partial charge is 0.503 e. The molecular weight excluding hydrogens is 780 g/mol. The van der Waals surface area contributed by atoms with Crippen LogP contribution < -0.4 is 4.74 Å². The van der Waals surface area contributed by atoms with E-state index < -0.39 is 0 Å². The molecule has 0 atom stereocenters.